The first-order valence-electron chi connectivity index (χ1n) is 6.13. The van der Waals surface area contributed by atoms with Crippen LogP contribution in [-0.4, -0.2) is 34.1 Å². The number of anilines is 1. The van der Waals surface area contributed by atoms with Crippen LogP contribution < -0.4 is 4.90 Å². The summed E-state index contributed by atoms with van der Waals surface area (Å²) in [4.78, 5) is 12.5. The third-order valence-electron chi connectivity index (χ3n) is 2.93. The van der Waals surface area contributed by atoms with E-state index in [0.717, 1.165) is 10.7 Å². The molecular formula is C13H14ClN3O2S2. The summed E-state index contributed by atoms with van der Waals surface area (Å²) in [5.74, 6) is -0.875. The first-order chi connectivity index (χ1) is 9.97. The average Bonchev–Trinajstić information content (AvgIpc) is 2.92. The van der Waals surface area contributed by atoms with Crippen molar-refractivity contribution in [3.63, 3.8) is 0 Å². The van der Waals surface area contributed by atoms with E-state index < -0.39 is 5.97 Å². The van der Waals surface area contributed by atoms with E-state index in [0.29, 0.717) is 9.36 Å². The molecule has 0 fully saturated rings. The maximum atomic E-state index is 10.6. The number of carbonyl (C=O) groups is 1. The summed E-state index contributed by atoms with van der Waals surface area (Å²) in [5, 5.41) is 18.2. The fraction of sp³-hybridized carbons (Fsp3) is 0.308. The Labute approximate surface area is 136 Å². The van der Waals surface area contributed by atoms with Gasteiger partial charge in [-0.05, 0) is 24.6 Å². The fourth-order valence-corrected chi connectivity index (χ4v) is 3.48. The van der Waals surface area contributed by atoms with Crippen LogP contribution in [0.4, 0.5) is 5.13 Å². The zero-order chi connectivity index (χ0) is 15.4. The van der Waals surface area contributed by atoms with Crippen molar-refractivity contribution in [1.82, 2.24) is 10.2 Å². The first kappa shape index (κ1) is 16.1. The molecule has 0 spiro atoms. The van der Waals surface area contributed by atoms with E-state index in [1.165, 1.54) is 23.1 Å². The molecule has 1 N–H and O–H groups in total. The SMILES string of the molecule is CC(c1cccc(Cl)c1)N(C)c1nnc(SCC(=O)O)s1. The summed E-state index contributed by atoms with van der Waals surface area (Å²) in [6.07, 6.45) is 0. The zero-order valence-electron chi connectivity index (χ0n) is 11.5. The average molecular weight is 344 g/mol. The molecule has 0 saturated heterocycles. The second-order valence-corrected chi connectivity index (χ2v) is 6.99. The lowest BCUT2D eigenvalue weighted by Crippen LogP contribution is -2.21. The Morgan fingerprint density at radius 3 is 2.95 bits per heavy atom. The van der Waals surface area contributed by atoms with Crippen molar-refractivity contribution >= 4 is 45.8 Å². The van der Waals surface area contributed by atoms with Crippen molar-refractivity contribution in [3.05, 3.63) is 34.9 Å². The number of nitrogens with zero attached hydrogens (tertiary/aromatic N) is 3. The van der Waals surface area contributed by atoms with E-state index >= 15 is 0 Å². The van der Waals surface area contributed by atoms with Crippen LogP contribution in [0.2, 0.25) is 5.02 Å². The van der Waals surface area contributed by atoms with E-state index in [2.05, 4.69) is 17.1 Å². The van der Waals surface area contributed by atoms with Crippen LogP contribution in [0.3, 0.4) is 0 Å². The molecule has 112 valence electrons. The normalized spacial score (nSPS) is 12.1. The standard InChI is InChI=1S/C13H14ClN3O2S2/c1-8(9-4-3-5-10(14)6-9)17(2)12-15-16-13(21-12)20-7-11(18)19/h3-6,8H,7H2,1-2H3,(H,18,19). The number of rotatable bonds is 6. The number of carboxylic acid groups (broad SMARTS) is 1. The Kier molecular flexibility index (Phi) is 5.44. The smallest absolute Gasteiger partial charge is 0.313 e. The number of aromatic nitrogens is 2. The minimum absolute atomic E-state index is 0.0117. The molecule has 0 amide bonds. The number of aliphatic carboxylic acids is 1. The summed E-state index contributed by atoms with van der Waals surface area (Å²) in [5.41, 5.74) is 1.08. The predicted octanol–water partition coefficient (Wildman–Crippen LogP) is 3.57. The highest BCUT2D eigenvalue weighted by atomic mass is 35.5. The second-order valence-electron chi connectivity index (χ2n) is 4.37. The van der Waals surface area contributed by atoms with Crippen LogP contribution in [0.15, 0.2) is 28.6 Å². The summed E-state index contributed by atoms with van der Waals surface area (Å²) in [6.45, 7) is 2.05. The number of hydrogen-bond donors (Lipinski definition) is 1. The molecule has 1 aromatic carbocycles. The monoisotopic (exact) mass is 343 g/mol. The molecule has 5 nitrogen and oxygen atoms in total. The lowest BCUT2D eigenvalue weighted by Gasteiger charge is -2.24. The molecule has 2 rings (SSSR count). The molecule has 0 aliphatic carbocycles. The quantitative estimate of drug-likeness (QED) is 0.809. The maximum absolute atomic E-state index is 10.6. The second kappa shape index (κ2) is 7.11. The molecule has 21 heavy (non-hydrogen) atoms. The minimum atomic E-state index is -0.864. The summed E-state index contributed by atoms with van der Waals surface area (Å²) in [7, 11) is 1.93. The van der Waals surface area contributed by atoms with Crippen molar-refractivity contribution < 1.29 is 9.90 Å². The van der Waals surface area contributed by atoms with Crippen LogP contribution >= 0.6 is 34.7 Å². The van der Waals surface area contributed by atoms with E-state index in [1.807, 2.05) is 36.2 Å². The number of benzene rings is 1. The Balaban J connectivity index is 2.08. The molecule has 8 heteroatoms. The predicted molar refractivity (Wildman–Crippen MR) is 86.5 cm³/mol. The molecule has 0 radical (unpaired) electrons. The highest BCUT2D eigenvalue weighted by Gasteiger charge is 2.17. The molecule has 1 heterocycles. The Morgan fingerprint density at radius 2 is 2.29 bits per heavy atom. The van der Waals surface area contributed by atoms with Gasteiger partial charge in [-0.3, -0.25) is 4.79 Å². The van der Waals surface area contributed by atoms with Gasteiger partial charge in [-0.15, -0.1) is 10.2 Å². The van der Waals surface area contributed by atoms with Crippen molar-refractivity contribution in [2.75, 3.05) is 17.7 Å². The molecule has 1 unspecified atom stereocenters. The van der Waals surface area contributed by atoms with Gasteiger partial charge in [-0.2, -0.15) is 0 Å². The van der Waals surface area contributed by atoms with Gasteiger partial charge in [-0.1, -0.05) is 46.8 Å². The van der Waals surface area contributed by atoms with Crippen molar-refractivity contribution in [2.45, 2.75) is 17.3 Å². The number of thioether (sulfide) groups is 1. The Morgan fingerprint density at radius 1 is 1.52 bits per heavy atom. The summed E-state index contributed by atoms with van der Waals surface area (Å²) >= 11 is 8.57. The molecule has 0 aliphatic rings. The van der Waals surface area contributed by atoms with Gasteiger partial charge in [0.15, 0.2) is 4.34 Å². The third kappa shape index (κ3) is 4.33. The topological polar surface area (TPSA) is 66.3 Å². The first-order valence-corrected chi connectivity index (χ1v) is 8.31. The van der Waals surface area contributed by atoms with E-state index in [9.17, 15) is 4.79 Å². The molecular weight excluding hydrogens is 330 g/mol. The van der Waals surface area contributed by atoms with Crippen LogP contribution in [0.1, 0.15) is 18.5 Å². The van der Waals surface area contributed by atoms with Crippen LogP contribution in [-0.2, 0) is 4.79 Å². The van der Waals surface area contributed by atoms with Gasteiger partial charge < -0.3 is 10.0 Å². The lowest BCUT2D eigenvalue weighted by molar-refractivity contribution is -0.133. The van der Waals surface area contributed by atoms with E-state index in [1.54, 1.807) is 0 Å². The molecule has 0 aliphatic heterocycles. The van der Waals surface area contributed by atoms with Crippen LogP contribution in [0.25, 0.3) is 0 Å². The van der Waals surface area contributed by atoms with E-state index in [-0.39, 0.29) is 11.8 Å². The van der Waals surface area contributed by atoms with Gasteiger partial charge in [0.25, 0.3) is 0 Å². The minimum Gasteiger partial charge on any atom is -0.481 e. The van der Waals surface area contributed by atoms with Gasteiger partial charge in [0.1, 0.15) is 0 Å². The molecule has 2 aromatic rings. The zero-order valence-corrected chi connectivity index (χ0v) is 13.9. The molecule has 0 saturated carbocycles. The lowest BCUT2D eigenvalue weighted by atomic mass is 10.1. The van der Waals surface area contributed by atoms with Crippen LogP contribution in [0.5, 0.6) is 0 Å². The third-order valence-corrected chi connectivity index (χ3v) is 5.30. The highest BCUT2D eigenvalue weighted by molar-refractivity contribution is 8.01. The van der Waals surface area contributed by atoms with Crippen molar-refractivity contribution in [1.29, 1.82) is 0 Å². The largest absolute Gasteiger partial charge is 0.481 e. The number of carboxylic acids is 1. The fourth-order valence-electron chi connectivity index (χ4n) is 1.68. The van der Waals surface area contributed by atoms with E-state index in [4.69, 9.17) is 16.7 Å². The summed E-state index contributed by atoms with van der Waals surface area (Å²) in [6, 6.07) is 7.77. The number of hydrogen-bond acceptors (Lipinski definition) is 6. The van der Waals surface area contributed by atoms with Crippen molar-refractivity contribution in [3.8, 4) is 0 Å². The van der Waals surface area contributed by atoms with Gasteiger partial charge in [-0.25, -0.2) is 0 Å². The van der Waals surface area contributed by atoms with Gasteiger partial charge in [0.2, 0.25) is 5.13 Å². The van der Waals surface area contributed by atoms with Crippen molar-refractivity contribution in [2.24, 2.45) is 0 Å². The van der Waals surface area contributed by atoms with Gasteiger partial charge in [0, 0.05) is 12.1 Å². The Hall–Kier alpha value is -1.31. The maximum Gasteiger partial charge on any atom is 0.313 e. The van der Waals surface area contributed by atoms with Gasteiger partial charge >= 0.3 is 5.97 Å². The summed E-state index contributed by atoms with van der Waals surface area (Å²) < 4.78 is 0.651. The van der Waals surface area contributed by atoms with Crippen LogP contribution in [0, 0.1) is 0 Å². The molecule has 0 bridgehead atoms. The number of halogens is 1. The Bertz CT molecular complexity index is 635. The highest BCUT2D eigenvalue weighted by Crippen LogP contribution is 2.32. The van der Waals surface area contributed by atoms with Gasteiger partial charge in [0.05, 0.1) is 11.8 Å². The molecule has 1 aromatic heterocycles. The molecule has 1 atom stereocenters.